The number of benzene rings is 1. The van der Waals surface area contributed by atoms with Gasteiger partial charge in [0.1, 0.15) is 10.8 Å². The van der Waals surface area contributed by atoms with Crippen LogP contribution < -0.4 is 5.32 Å². The van der Waals surface area contributed by atoms with Crippen molar-refractivity contribution in [2.24, 2.45) is 0 Å². The Morgan fingerprint density at radius 3 is 2.74 bits per heavy atom. The summed E-state index contributed by atoms with van der Waals surface area (Å²) < 4.78 is 12.8. The van der Waals surface area contributed by atoms with Crippen LogP contribution in [0.25, 0.3) is 0 Å². The Bertz CT molecular complexity index is 645. The molecule has 0 fully saturated rings. The van der Waals surface area contributed by atoms with Gasteiger partial charge in [-0.05, 0) is 44.7 Å². The third kappa shape index (κ3) is 5.66. The highest BCUT2D eigenvalue weighted by Crippen LogP contribution is 2.15. The number of nitrogens with zero attached hydrogens (tertiary/aromatic N) is 3. The molecule has 0 radical (unpaired) electrons. The number of rotatable bonds is 7. The first kappa shape index (κ1) is 17.5. The molecule has 124 valence electrons. The molecule has 2 aromatic rings. The number of aliphatic hydroxyl groups excluding tert-OH is 1. The van der Waals surface area contributed by atoms with E-state index in [-0.39, 0.29) is 22.8 Å². The summed E-state index contributed by atoms with van der Waals surface area (Å²) in [6, 6.07) is 5.52. The number of hydrogen-bond donors (Lipinski definition) is 2. The van der Waals surface area contributed by atoms with Crippen LogP contribution in [0.3, 0.4) is 0 Å². The zero-order chi connectivity index (χ0) is 16.8. The van der Waals surface area contributed by atoms with Crippen molar-refractivity contribution in [3.8, 4) is 0 Å². The van der Waals surface area contributed by atoms with Crippen LogP contribution in [-0.4, -0.2) is 45.8 Å². The maximum atomic E-state index is 12.8. The van der Waals surface area contributed by atoms with Crippen molar-refractivity contribution in [2.75, 3.05) is 18.9 Å². The van der Waals surface area contributed by atoms with Crippen molar-refractivity contribution in [1.29, 1.82) is 0 Å². The van der Waals surface area contributed by atoms with Gasteiger partial charge in [0.15, 0.2) is 0 Å². The number of aliphatic hydroxyl groups is 1. The SMILES string of the molecule is CC(O)CCN(C)Cc1nnc(C(=O)Nc2ccc(F)cc2)s1. The monoisotopic (exact) mass is 338 g/mol. The van der Waals surface area contributed by atoms with Gasteiger partial charge < -0.3 is 10.4 Å². The van der Waals surface area contributed by atoms with Gasteiger partial charge in [-0.3, -0.25) is 9.69 Å². The average Bonchev–Trinajstić information content (AvgIpc) is 2.96. The molecule has 2 N–H and O–H groups in total. The average molecular weight is 338 g/mol. The number of nitrogens with one attached hydrogen (secondary N) is 1. The molecular formula is C15H19FN4O2S. The Hall–Kier alpha value is -1.90. The van der Waals surface area contributed by atoms with Crippen LogP contribution in [0.2, 0.25) is 0 Å². The molecule has 2 rings (SSSR count). The summed E-state index contributed by atoms with van der Waals surface area (Å²) >= 11 is 1.21. The van der Waals surface area contributed by atoms with E-state index in [1.807, 2.05) is 11.9 Å². The maximum Gasteiger partial charge on any atom is 0.286 e. The molecular weight excluding hydrogens is 319 g/mol. The topological polar surface area (TPSA) is 78.3 Å². The first-order valence-electron chi connectivity index (χ1n) is 7.20. The van der Waals surface area contributed by atoms with Gasteiger partial charge in [-0.25, -0.2) is 4.39 Å². The smallest absolute Gasteiger partial charge is 0.286 e. The quantitative estimate of drug-likeness (QED) is 0.809. The van der Waals surface area contributed by atoms with Crippen LogP contribution in [0.5, 0.6) is 0 Å². The molecule has 8 heteroatoms. The van der Waals surface area contributed by atoms with Crippen LogP contribution in [0.4, 0.5) is 10.1 Å². The van der Waals surface area contributed by atoms with E-state index in [1.165, 1.54) is 35.6 Å². The van der Waals surface area contributed by atoms with Crippen molar-refractivity contribution < 1.29 is 14.3 Å². The molecule has 0 saturated heterocycles. The lowest BCUT2D eigenvalue weighted by molar-refractivity contribution is 0.102. The molecule has 1 aromatic carbocycles. The molecule has 0 bridgehead atoms. The van der Waals surface area contributed by atoms with Crippen molar-refractivity contribution >= 4 is 22.9 Å². The summed E-state index contributed by atoms with van der Waals surface area (Å²) in [5.74, 6) is -0.728. The number of amides is 1. The van der Waals surface area contributed by atoms with Gasteiger partial charge in [0.2, 0.25) is 5.01 Å². The standard InChI is InChI=1S/C15H19FN4O2S/c1-10(21)7-8-20(2)9-13-18-19-15(23-13)14(22)17-12-5-3-11(16)4-6-12/h3-6,10,21H,7-9H2,1-2H3,(H,17,22). The summed E-state index contributed by atoms with van der Waals surface area (Å²) in [5.41, 5.74) is 0.502. The Morgan fingerprint density at radius 2 is 2.09 bits per heavy atom. The third-order valence-corrected chi connectivity index (χ3v) is 4.00. The first-order chi connectivity index (χ1) is 10.9. The van der Waals surface area contributed by atoms with Crippen molar-refractivity contribution in [3.63, 3.8) is 0 Å². The Kier molecular flexibility index (Phi) is 6.14. The molecule has 23 heavy (non-hydrogen) atoms. The minimum Gasteiger partial charge on any atom is -0.393 e. The lowest BCUT2D eigenvalue weighted by Crippen LogP contribution is -2.21. The second-order valence-electron chi connectivity index (χ2n) is 5.34. The van der Waals surface area contributed by atoms with Crippen LogP contribution in [0.15, 0.2) is 24.3 Å². The highest BCUT2D eigenvalue weighted by Gasteiger charge is 2.14. The lowest BCUT2D eigenvalue weighted by Gasteiger charge is -2.15. The van der Waals surface area contributed by atoms with Gasteiger partial charge >= 0.3 is 0 Å². The fraction of sp³-hybridized carbons (Fsp3) is 0.400. The highest BCUT2D eigenvalue weighted by molar-refractivity contribution is 7.13. The second kappa shape index (κ2) is 8.09. The number of carbonyl (C=O) groups is 1. The molecule has 0 aliphatic rings. The molecule has 0 aliphatic heterocycles. The summed E-state index contributed by atoms with van der Waals surface area (Å²) in [4.78, 5) is 14.1. The summed E-state index contributed by atoms with van der Waals surface area (Å²) in [6.07, 6.45) is 0.330. The zero-order valence-electron chi connectivity index (χ0n) is 13.0. The van der Waals surface area contributed by atoms with E-state index in [0.29, 0.717) is 18.7 Å². The van der Waals surface area contributed by atoms with E-state index >= 15 is 0 Å². The van der Waals surface area contributed by atoms with E-state index in [0.717, 1.165) is 11.6 Å². The number of carbonyl (C=O) groups excluding carboxylic acids is 1. The Labute approximate surface area is 138 Å². The van der Waals surface area contributed by atoms with Gasteiger partial charge in [-0.2, -0.15) is 0 Å². The predicted molar refractivity (Wildman–Crippen MR) is 86.9 cm³/mol. The maximum absolute atomic E-state index is 12.8. The fourth-order valence-corrected chi connectivity index (χ4v) is 2.66. The molecule has 1 amide bonds. The van der Waals surface area contributed by atoms with Gasteiger partial charge in [-0.15, -0.1) is 10.2 Å². The zero-order valence-corrected chi connectivity index (χ0v) is 13.8. The summed E-state index contributed by atoms with van der Waals surface area (Å²) in [6.45, 7) is 3.04. The number of halogens is 1. The van der Waals surface area contributed by atoms with E-state index in [2.05, 4.69) is 15.5 Å². The van der Waals surface area contributed by atoms with Crippen LogP contribution >= 0.6 is 11.3 Å². The van der Waals surface area contributed by atoms with Gasteiger partial charge in [-0.1, -0.05) is 11.3 Å². The normalized spacial score (nSPS) is 12.4. The van der Waals surface area contributed by atoms with Crippen LogP contribution in [-0.2, 0) is 6.54 Å². The molecule has 0 spiro atoms. The molecule has 0 saturated carbocycles. The Balaban J connectivity index is 1.90. The van der Waals surface area contributed by atoms with E-state index in [9.17, 15) is 14.3 Å². The van der Waals surface area contributed by atoms with E-state index in [1.54, 1.807) is 6.92 Å². The molecule has 1 heterocycles. The Morgan fingerprint density at radius 1 is 1.39 bits per heavy atom. The van der Waals surface area contributed by atoms with Gasteiger partial charge in [0.05, 0.1) is 12.6 Å². The van der Waals surface area contributed by atoms with Crippen molar-refractivity contribution in [3.05, 3.63) is 40.1 Å². The second-order valence-corrected chi connectivity index (χ2v) is 6.40. The fourth-order valence-electron chi connectivity index (χ4n) is 1.84. The summed E-state index contributed by atoms with van der Waals surface area (Å²) in [5, 5.41) is 20.8. The van der Waals surface area contributed by atoms with Gasteiger partial charge in [0, 0.05) is 12.2 Å². The highest BCUT2D eigenvalue weighted by atomic mass is 32.1. The van der Waals surface area contributed by atoms with E-state index < -0.39 is 0 Å². The predicted octanol–water partition coefficient (Wildman–Crippen LogP) is 2.13. The molecule has 1 aromatic heterocycles. The minimum absolute atomic E-state index is 0.258. The number of aromatic nitrogens is 2. The minimum atomic E-state index is -0.369. The number of anilines is 1. The number of hydrogen-bond acceptors (Lipinski definition) is 6. The van der Waals surface area contributed by atoms with E-state index in [4.69, 9.17) is 0 Å². The molecule has 6 nitrogen and oxygen atoms in total. The third-order valence-electron chi connectivity index (χ3n) is 3.10. The summed E-state index contributed by atoms with van der Waals surface area (Å²) in [7, 11) is 1.92. The first-order valence-corrected chi connectivity index (χ1v) is 8.01. The van der Waals surface area contributed by atoms with Crippen molar-refractivity contribution in [1.82, 2.24) is 15.1 Å². The largest absolute Gasteiger partial charge is 0.393 e. The van der Waals surface area contributed by atoms with Gasteiger partial charge in [0.25, 0.3) is 5.91 Å². The molecule has 0 aliphatic carbocycles. The van der Waals surface area contributed by atoms with Crippen LogP contribution in [0, 0.1) is 5.82 Å². The molecule has 1 unspecified atom stereocenters. The van der Waals surface area contributed by atoms with Crippen LogP contribution in [0.1, 0.15) is 28.2 Å². The van der Waals surface area contributed by atoms with Crippen molar-refractivity contribution in [2.45, 2.75) is 26.0 Å². The molecule has 1 atom stereocenters. The lowest BCUT2D eigenvalue weighted by atomic mass is 10.3.